The van der Waals surface area contributed by atoms with E-state index in [0.717, 1.165) is 44.1 Å². The first kappa shape index (κ1) is 16.4. The Morgan fingerprint density at radius 2 is 2.08 bits per heavy atom. The number of fused-ring (bicyclic) bond motifs is 5. The molecule has 3 nitrogen and oxygen atoms in total. The van der Waals surface area contributed by atoms with Gasteiger partial charge < -0.3 is 10.2 Å². The molecule has 4 rings (SSSR count). The van der Waals surface area contributed by atoms with Gasteiger partial charge in [-0.2, -0.15) is 0 Å². The zero-order chi connectivity index (χ0) is 17.1. The molecule has 24 heavy (non-hydrogen) atoms. The number of aliphatic hydroxyl groups excluding tert-OH is 1. The van der Waals surface area contributed by atoms with Gasteiger partial charge in [0.25, 0.3) is 0 Å². The Hall–Kier alpha value is -1.11. The zero-order valence-electron chi connectivity index (χ0n) is 14.5. The van der Waals surface area contributed by atoms with Crippen molar-refractivity contribution in [3.8, 4) is 12.3 Å². The first-order valence-corrected chi connectivity index (χ1v) is 9.58. The van der Waals surface area contributed by atoms with Crippen molar-refractivity contribution < 1.29 is 15.0 Å². The molecule has 0 heterocycles. The Morgan fingerprint density at radius 1 is 1.29 bits per heavy atom. The maximum absolute atomic E-state index is 11.8. The Kier molecular flexibility index (Phi) is 3.71. The summed E-state index contributed by atoms with van der Waals surface area (Å²) in [4.78, 5) is 11.8. The van der Waals surface area contributed by atoms with Gasteiger partial charge in [0.15, 0.2) is 5.78 Å². The third-order valence-corrected chi connectivity index (χ3v) is 8.07. The van der Waals surface area contributed by atoms with Crippen LogP contribution in [0.4, 0.5) is 0 Å². The molecule has 0 aromatic heterocycles. The fraction of sp³-hybridized carbons (Fsp3) is 0.762. The summed E-state index contributed by atoms with van der Waals surface area (Å²) in [6.07, 6.45) is 13.8. The van der Waals surface area contributed by atoms with Crippen LogP contribution in [0.2, 0.25) is 0 Å². The molecular weight excluding hydrogens is 300 g/mol. The molecule has 3 fully saturated rings. The summed E-state index contributed by atoms with van der Waals surface area (Å²) in [7, 11) is 0. The Balaban J connectivity index is 1.71. The fourth-order valence-corrected chi connectivity index (χ4v) is 6.96. The second-order valence-corrected chi connectivity index (χ2v) is 8.53. The molecule has 3 saturated carbocycles. The van der Waals surface area contributed by atoms with E-state index >= 15 is 0 Å². The van der Waals surface area contributed by atoms with Crippen LogP contribution in [-0.2, 0) is 4.79 Å². The molecule has 130 valence electrons. The van der Waals surface area contributed by atoms with Crippen molar-refractivity contribution in [1.29, 1.82) is 0 Å². The largest absolute Gasteiger partial charge is 0.389 e. The highest BCUT2D eigenvalue weighted by atomic mass is 16.3. The Bertz CT molecular complexity index is 629. The second kappa shape index (κ2) is 5.44. The molecule has 0 amide bonds. The topological polar surface area (TPSA) is 57.5 Å². The summed E-state index contributed by atoms with van der Waals surface area (Å²) in [5.74, 6) is 4.62. The van der Waals surface area contributed by atoms with E-state index in [0.29, 0.717) is 36.5 Å². The van der Waals surface area contributed by atoms with E-state index in [1.807, 2.05) is 0 Å². The SMILES string of the molecule is C#C[C@]1(O)CC[C@H]2[C@@H]3C[C@@H](O)C4=CC(=O)CC[C@@H]4[C@H]3CC[C@@]21CC. The molecule has 3 heteroatoms. The van der Waals surface area contributed by atoms with Gasteiger partial charge in [-0.25, -0.2) is 0 Å². The van der Waals surface area contributed by atoms with E-state index in [4.69, 9.17) is 6.42 Å². The lowest BCUT2D eigenvalue weighted by atomic mass is 9.49. The van der Waals surface area contributed by atoms with Gasteiger partial charge in [-0.1, -0.05) is 12.8 Å². The van der Waals surface area contributed by atoms with Crippen LogP contribution in [0, 0.1) is 41.4 Å². The molecule has 4 aliphatic carbocycles. The van der Waals surface area contributed by atoms with E-state index in [1.165, 1.54) is 0 Å². The second-order valence-electron chi connectivity index (χ2n) is 8.53. The fourth-order valence-electron chi connectivity index (χ4n) is 6.96. The number of aliphatic hydroxyl groups is 2. The summed E-state index contributed by atoms with van der Waals surface area (Å²) in [6.45, 7) is 2.16. The van der Waals surface area contributed by atoms with Crippen LogP contribution in [0.15, 0.2) is 11.6 Å². The molecule has 7 atom stereocenters. The standard InChI is InChI=1S/C21H28O3/c1-3-20-9-7-15-14-6-5-13(22)11-17(14)19(23)12-16(15)18(20)8-10-21(20,24)4-2/h2,11,14-16,18-19,23-24H,3,5-10,12H2,1H3/t14-,15-,16-,18+,19-,20+,21+/m1/s1. The van der Waals surface area contributed by atoms with Crippen LogP contribution in [0.1, 0.15) is 58.3 Å². The number of hydrogen-bond donors (Lipinski definition) is 2. The van der Waals surface area contributed by atoms with Crippen molar-refractivity contribution in [3.05, 3.63) is 11.6 Å². The highest BCUT2D eigenvalue weighted by Crippen LogP contribution is 2.66. The molecule has 2 N–H and O–H groups in total. The van der Waals surface area contributed by atoms with Crippen LogP contribution in [0.3, 0.4) is 0 Å². The molecule has 0 saturated heterocycles. The quantitative estimate of drug-likeness (QED) is 0.728. The summed E-state index contributed by atoms with van der Waals surface area (Å²) < 4.78 is 0. The summed E-state index contributed by atoms with van der Waals surface area (Å²) >= 11 is 0. The number of ketones is 1. The first-order valence-electron chi connectivity index (χ1n) is 9.58. The van der Waals surface area contributed by atoms with Gasteiger partial charge in [0.05, 0.1) is 6.10 Å². The van der Waals surface area contributed by atoms with E-state index in [1.54, 1.807) is 6.08 Å². The predicted octanol–water partition coefficient (Wildman–Crippen LogP) is 2.85. The lowest BCUT2D eigenvalue weighted by molar-refractivity contribution is -0.119. The molecule has 0 bridgehead atoms. The third kappa shape index (κ3) is 1.96. The molecular formula is C21H28O3. The third-order valence-electron chi connectivity index (χ3n) is 8.07. The van der Waals surface area contributed by atoms with Crippen LogP contribution in [-0.4, -0.2) is 27.7 Å². The van der Waals surface area contributed by atoms with Gasteiger partial charge >= 0.3 is 0 Å². The first-order chi connectivity index (χ1) is 11.5. The summed E-state index contributed by atoms with van der Waals surface area (Å²) in [5, 5.41) is 21.8. The lowest BCUT2D eigenvalue weighted by Crippen LogP contribution is -2.55. The van der Waals surface area contributed by atoms with Gasteiger partial charge in [0.1, 0.15) is 5.60 Å². The summed E-state index contributed by atoms with van der Waals surface area (Å²) in [5.41, 5.74) is -0.184. The van der Waals surface area contributed by atoms with Crippen LogP contribution in [0.5, 0.6) is 0 Å². The minimum absolute atomic E-state index is 0.167. The van der Waals surface area contributed by atoms with Crippen LogP contribution in [0.25, 0.3) is 0 Å². The molecule has 4 aliphatic rings. The maximum atomic E-state index is 11.8. The van der Waals surface area contributed by atoms with Gasteiger partial charge in [0.2, 0.25) is 0 Å². The number of terminal acetylenes is 1. The van der Waals surface area contributed by atoms with Crippen molar-refractivity contribution in [2.24, 2.45) is 29.1 Å². The van der Waals surface area contributed by atoms with Crippen molar-refractivity contribution >= 4 is 5.78 Å². The number of carbonyl (C=O) groups is 1. The zero-order valence-corrected chi connectivity index (χ0v) is 14.5. The highest BCUT2D eigenvalue weighted by molar-refractivity contribution is 5.91. The predicted molar refractivity (Wildman–Crippen MR) is 91.9 cm³/mol. The minimum atomic E-state index is -0.985. The average Bonchev–Trinajstić information content (AvgIpc) is 2.89. The van der Waals surface area contributed by atoms with Gasteiger partial charge in [-0.05, 0) is 80.3 Å². The van der Waals surface area contributed by atoms with E-state index < -0.39 is 11.7 Å². The van der Waals surface area contributed by atoms with Crippen LogP contribution < -0.4 is 0 Å². The molecule has 0 aliphatic heterocycles. The molecule has 0 unspecified atom stereocenters. The monoisotopic (exact) mass is 328 g/mol. The highest BCUT2D eigenvalue weighted by Gasteiger charge is 2.64. The molecule has 0 radical (unpaired) electrons. The van der Waals surface area contributed by atoms with E-state index in [9.17, 15) is 15.0 Å². The van der Waals surface area contributed by atoms with Gasteiger partial charge in [0, 0.05) is 11.8 Å². The van der Waals surface area contributed by atoms with E-state index in [2.05, 4.69) is 12.8 Å². The normalized spacial score (nSPS) is 50.3. The molecule has 0 spiro atoms. The van der Waals surface area contributed by atoms with E-state index in [-0.39, 0.29) is 11.2 Å². The Morgan fingerprint density at radius 3 is 2.79 bits per heavy atom. The maximum Gasteiger partial charge on any atom is 0.155 e. The number of rotatable bonds is 1. The lowest BCUT2D eigenvalue weighted by Gasteiger charge is -2.56. The number of carbonyl (C=O) groups excluding carboxylic acids is 1. The van der Waals surface area contributed by atoms with Crippen molar-refractivity contribution in [3.63, 3.8) is 0 Å². The van der Waals surface area contributed by atoms with Crippen molar-refractivity contribution in [1.82, 2.24) is 0 Å². The van der Waals surface area contributed by atoms with Gasteiger partial charge in [-0.3, -0.25) is 4.79 Å². The van der Waals surface area contributed by atoms with Crippen molar-refractivity contribution in [2.75, 3.05) is 0 Å². The summed E-state index contributed by atoms with van der Waals surface area (Å²) in [6, 6.07) is 0. The Labute approximate surface area is 144 Å². The molecule has 0 aromatic rings. The number of hydrogen-bond acceptors (Lipinski definition) is 3. The smallest absolute Gasteiger partial charge is 0.155 e. The van der Waals surface area contributed by atoms with Crippen molar-refractivity contribution in [2.45, 2.75) is 70.0 Å². The van der Waals surface area contributed by atoms with Gasteiger partial charge in [-0.15, -0.1) is 6.42 Å². The molecule has 0 aromatic carbocycles. The average molecular weight is 328 g/mol. The van der Waals surface area contributed by atoms with Crippen LogP contribution >= 0.6 is 0 Å². The minimum Gasteiger partial charge on any atom is -0.389 e.